The third-order valence-corrected chi connectivity index (χ3v) is 3.19. The van der Waals surface area contributed by atoms with Crippen molar-refractivity contribution in [1.82, 2.24) is 9.88 Å². The minimum absolute atomic E-state index is 0.130. The quantitative estimate of drug-likeness (QED) is 0.876. The van der Waals surface area contributed by atoms with Gasteiger partial charge >= 0.3 is 6.09 Å². The third kappa shape index (κ3) is 2.30. The van der Waals surface area contributed by atoms with E-state index in [-0.39, 0.29) is 12.2 Å². The van der Waals surface area contributed by atoms with Gasteiger partial charge in [0.15, 0.2) is 0 Å². The Labute approximate surface area is 102 Å². The molecule has 0 aliphatic carbocycles. The number of hydrogen-bond acceptors (Lipinski definition) is 2. The van der Waals surface area contributed by atoms with Gasteiger partial charge in [0, 0.05) is 23.5 Å². The second-order valence-corrected chi connectivity index (χ2v) is 5.11. The van der Waals surface area contributed by atoms with Gasteiger partial charge < -0.3 is 14.6 Å². The van der Waals surface area contributed by atoms with E-state index in [4.69, 9.17) is 4.74 Å². The Hall–Kier alpha value is -1.45. The number of cyclic esters (lactones) is 1. The van der Waals surface area contributed by atoms with E-state index < -0.39 is 0 Å². The number of carbonyl (C=O) groups is 1. The molecule has 1 amide bonds. The fourth-order valence-electron chi connectivity index (χ4n) is 2.36. The molecule has 1 aromatic rings. The molecule has 1 aromatic heterocycles. The maximum atomic E-state index is 11.1. The van der Waals surface area contributed by atoms with Crippen LogP contribution in [0.25, 0.3) is 0 Å². The zero-order chi connectivity index (χ0) is 12.6. The first kappa shape index (κ1) is 12.0. The maximum absolute atomic E-state index is 11.1. The van der Waals surface area contributed by atoms with Gasteiger partial charge in [-0.1, -0.05) is 13.8 Å². The largest absolute Gasteiger partial charge is 0.439 e. The van der Waals surface area contributed by atoms with Gasteiger partial charge in [-0.25, -0.2) is 4.79 Å². The Kier molecular flexibility index (Phi) is 3.13. The molecule has 1 aliphatic heterocycles. The van der Waals surface area contributed by atoms with Crippen LogP contribution >= 0.6 is 0 Å². The van der Waals surface area contributed by atoms with E-state index in [1.165, 1.54) is 11.4 Å². The molecule has 17 heavy (non-hydrogen) atoms. The first-order chi connectivity index (χ1) is 7.99. The van der Waals surface area contributed by atoms with Gasteiger partial charge in [-0.15, -0.1) is 0 Å². The molecule has 0 saturated carbocycles. The predicted molar refractivity (Wildman–Crippen MR) is 66.0 cm³/mol. The van der Waals surface area contributed by atoms with Crippen LogP contribution < -0.4 is 5.32 Å². The summed E-state index contributed by atoms with van der Waals surface area (Å²) < 4.78 is 7.54. The van der Waals surface area contributed by atoms with E-state index in [2.05, 4.69) is 43.6 Å². The molecule has 1 atom stereocenters. The van der Waals surface area contributed by atoms with Crippen LogP contribution in [0.1, 0.15) is 36.9 Å². The van der Waals surface area contributed by atoms with Crippen LogP contribution in [0.15, 0.2) is 6.07 Å². The lowest BCUT2D eigenvalue weighted by Gasteiger charge is -2.13. The monoisotopic (exact) mass is 236 g/mol. The summed E-state index contributed by atoms with van der Waals surface area (Å²) in [5.41, 5.74) is 3.56. The maximum Gasteiger partial charge on any atom is 0.407 e. The molecule has 2 rings (SSSR count). The number of rotatable bonds is 3. The van der Waals surface area contributed by atoms with Gasteiger partial charge in [0.2, 0.25) is 0 Å². The highest BCUT2D eigenvalue weighted by molar-refractivity contribution is 5.69. The van der Waals surface area contributed by atoms with Crippen molar-refractivity contribution < 1.29 is 9.53 Å². The minimum atomic E-state index is -0.316. The van der Waals surface area contributed by atoms with E-state index in [1.807, 2.05) is 0 Å². The first-order valence-electron chi connectivity index (χ1n) is 6.10. The second-order valence-electron chi connectivity index (χ2n) is 5.11. The van der Waals surface area contributed by atoms with Crippen molar-refractivity contribution in [2.24, 2.45) is 5.92 Å². The standard InChI is InChI=1S/C13H20N2O2/c1-8(2)7-15-9(3)5-11(10(15)4)12-6-14-13(16)17-12/h5,8,12H,6-7H2,1-4H3,(H,14,16). The van der Waals surface area contributed by atoms with Crippen molar-refractivity contribution in [2.45, 2.75) is 40.3 Å². The third-order valence-electron chi connectivity index (χ3n) is 3.19. The summed E-state index contributed by atoms with van der Waals surface area (Å²) in [4.78, 5) is 11.1. The van der Waals surface area contributed by atoms with Crippen molar-refractivity contribution >= 4 is 6.09 Å². The summed E-state index contributed by atoms with van der Waals surface area (Å²) in [5.74, 6) is 0.608. The van der Waals surface area contributed by atoms with E-state index in [1.54, 1.807) is 0 Å². The lowest BCUT2D eigenvalue weighted by atomic mass is 10.1. The molecular formula is C13H20N2O2. The normalized spacial score (nSPS) is 19.6. The molecule has 1 aliphatic rings. The van der Waals surface area contributed by atoms with Gasteiger partial charge in [0.05, 0.1) is 6.54 Å². The van der Waals surface area contributed by atoms with Crippen molar-refractivity contribution in [3.63, 3.8) is 0 Å². The number of aryl methyl sites for hydroxylation is 1. The van der Waals surface area contributed by atoms with Gasteiger partial charge in [-0.2, -0.15) is 0 Å². The van der Waals surface area contributed by atoms with Crippen molar-refractivity contribution in [3.05, 3.63) is 23.0 Å². The lowest BCUT2D eigenvalue weighted by Crippen LogP contribution is -2.12. The molecule has 0 bridgehead atoms. The summed E-state index contributed by atoms with van der Waals surface area (Å²) >= 11 is 0. The van der Waals surface area contributed by atoms with Crippen LogP contribution in [0.3, 0.4) is 0 Å². The number of aromatic nitrogens is 1. The molecule has 1 unspecified atom stereocenters. The number of hydrogen-bond donors (Lipinski definition) is 1. The summed E-state index contributed by atoms with van der Waals surface area (Å²) in [5, 5.41) is 2.69. The van der Waals surface area contributed by atoms with Crippen molar-refractivity contribution in [2.75, 3.05) is 6.54 Å². The number of nitrogens with zero attached hydrogens (tertiary/aromatic N) is 1. The number of carbonyl (C=O) groups excluding carboxylic acids is 1. The zero-order valence-corrected chi connectivity index (χ0v) is 10.9. The molecule has 1 saturated heterocycles. The Morgan fingerprint density at radius 1 is 1.53 bits per heavy atom. The number of amides is 1. The van der Waals surface area contributed by atoms with Gasteiger partial charge in [-0.3, -0.25) is 0 Å². The van der Waals surface area contributed by atoms with Crippen LogP contribution in [0.2, 0.25) is 0 Å². The lowest BCUT2D eigenvalue weighted by molar-refractivity contribution is 0.140. The molecule has 1 N–H and O–H groups in total. The summed E-state index contributed by atoms with van der Waals surface area (Å²) in [6.45, 7) is 10.2. The van der Waals surface area contributed by atoms with Crippen LogP contribution in [0.4, 0.5) is 4.79 Å². The zero-order valence-electron chi connectivity index (χ0n) is 10.9. The van der Waals surface area contributed by atoms with E-state index in [0.29, 0.717) is 12.5 Å². The highest BCUT2D eigenvalue weighted by atomic mass is 16.6. The molecule has 4 heteroatoms. The van der Waals surface area contributed by atoms with Crippen LogP contribution in [-0.4, -0.2) is 17.2 Å². The Bertz CT molecular complexity index is 435. The molecule has 0 spiro atoms. The Morgan fingerprint density at radius 2 is 2.24 bits per heavy atom. The molecular weight excluding hydrogens is 216 g/mol. The van der Waals surface area contributed by atoms with E-state index in [0.717, 1.165) is 12.1 Å². The van der Waals surface area contributed by atoms with Gasteiger partial charge in [-0.05, 0) is 25.8 Å². The number of ether oxygens (including phenoxy) is 1. The number of nitrogens with one attached hydrogen (secondary N) is 1. The summed E-state index contributed by atoms with van der Waals surface area (Å²) in [7, 11) is 0. The van der Waals surface area contributed by atoms with Crippen molar-refractivity contribution in [1.29, 1.82) is 0 Å². The Morgan fingerprint density at radius 3 is 2.76 bits per heavy atom. The average molecular weight is 236 g/mol. The topological polar surface area (TPSA) is 43.3 Å². The first-order valence-corrected chi connectivity index (χ1v) is 6.10. The minimum Gasteiger partial charge on any atom is -0.439 e. The summed E-state index contributed by atoms with van der Waals surface area (Å²) in [6.07, 6.45) is -0.446. The van der Waals surface area contributed by atoms with E-state index in [9.17, 15) is 4.79 Å². The smallest absolute Gasteiger partial charge is 0.407 e. The molecule has 94 valence electrons. The highest BCUT2D eigenvalue weighted by Gasteiger charge is 2.27. The van der Waals surface area contributed by atoms with Crippen LogP contribution in [-0.2, 0) is 11.3 Å². The SMILES string of the molecule is Cc1cc(C2CNC(=O)O2)c(C)n1CC(C)C. The van der Waals surface area contributed by atoms with Crippen molar-refractivity contribution in [3.8, 4) is 0 Å². The second kappa shape index (κ2) is 4.43. The molecule has 0 aromatic carbocycles. The number of alkyl carbamates (subject to hydrolysis) is 1. The highest BCUT2D eigenvalue weighted by Crippen LogP contribution is 2.27. The average Bonchev–Trinajstić information content (AvgIpc) is 2.76. The fraction of sp³-hybridized carbons (Fsp3) is 0.615. The van der Waals surface area contributed by atoms with Gasteiger partial charge in [0.25, 0.3) is 0 Å². The van der Waals surface area contributed by atoms with E-state index >= 15 is 0 Å². The molecule has 2 heterocycles. The molecule has 4 nitrogen and oxygen atoms in total. The van der Waals surface area contributed by atoms with Gasteiger partial charge in [0.1, 0.15) is 6.10 Å². The molecule has 1 fully saturated rings. The Balaban J connectivity index is 2.27. The summed E-state index contributed by atoms with van der Waals surface area (Å²) in [6, 6.07) is 2.13. The predicted octanol–water partition coefficient (Wildman–Crippen LogP) is 2.54. The van der Waals surface area contributed by atoms with Crippen LogP contribution in [0.5, 0.6) is 0 Å². The fourth-order valence-corrected chi connectivity index (χ4v) is 2.36. The van der Waals surface area contributed by atoms with Crippen LogP contribution in [0, 0.1) is 19.8 Å². The molecule has 0 radical (unpaired) electrons.